The van der Waals surface area contributed by atoms with Crippen molar-refractivity contribution in [2.75, 3.05) is 0 Å². The van der Waals surface area contributed by atoms with E-state index in [0.29, 0.717) is 0 Å². The molecule has 0 aliphatic heterocycles. The van der Waals surface area contributed by atoms with E-state index in [1.165, 1.54) is 16.3 Å². The molecule has 0 aliphatic rings. The van der Waals surface area contributed by atoms with Crippen LogP contribution in [0.15, 0.2) is 152 Å². The van der Waals surface area contributed by atoms with Gasteiger partial charge >= 0.3 is 0 Å². The van der Waals surface area contributed by atoms with Crippen molar-refractivity contribution >= 4 is 21.5 Å². The maximum atomic E-state index is 11.3. The minimum absolute atomic E-state index is 0.274. The third kappa shape index (κ3) is 3.96. The molecule has 0 bridgehead atoms. The summed E-state index contributed by atoms with van der Waals surface area (Å²) < 4.78 is 0. The molecule has 0 saturated carbocycles. The van der Waals surface area contributed by atoms with Crippen molar-refractivity contribution in [3.63, 3.8) is 0 Å². The van der Waals surface area contributed by atoms with E-state index in [2.05, 4.69) is 127 Å². The predicted octanol–water partition coefficient (Wildman–Crippen LogP) is 10.4. The second kappa shape index (κ2) is 9.63. The predicted molar refractivity (Wildman–Crippen MR) is 165 cm³/mol. The van der Waals surface area contributed by atoms with E-state index in [-0.39, 0.29) is 5.75 Å². The lowest BCUT2D eigenvalue weighted by Crippen LogP contribution is -1.98. The van der Waals surface area contributed by atoms with Gasteiger partial charge in [-0.2, -0.15) is 0 Å². The lowest BCUT2D eigenvalue weighted by atomic mass is 9.78. The maximum Gasteiger partial charge on any atom is 0.123 e. The Labute approximate surface area is 228 Å². The second-order valence-electron chi connectivity index (χ2n) is 9.86. The Morgan fingerprint density at radius 3 is 1.23 bits per heavy atom. The summed E-state index contributed by atoms with van der Waals surface area (Å²) in [4.78, 5) is 0. The van der Waals surface area contributed by atoms with Gasteiger partial charge in [0.15, 0.2) is 0 Å². The van der Waals surface area contributed by atoms with Gasteiger partial charge in [-0.1, -0.05) is 133 Å². The molecule has 0 atom stereocenters. The first kappa shape index (κ1) is 23.0. The van der Waals surface area contributed by atoms with Crippen LogP contribution in [0.4, 0.5) is 0 Å². The molecule has 7 aromatic carbocycles. The second-order valence-corrected chi connectivity index (χ2v) is 9.86. The Hall–Kier alpha value is -5.14. The number of hydrogen-bond donors (Lipinski definition) is 1. The van der Waals surface area contributed by atoms with Crippen molar-refractivity contribution in [2.24, 2.45) is 0 Å². The van der Waals surface area contributed by atoms with Gasteiger partial charge in [0.1, 0.15) is 5.75 Å². The molecular weight excluding hydrogens is 472 g/mol. The van der Waals surface area contributed by atoms with E-state index in [1.54, 1.807) is 6.07 Å². The molecule has 0 aliphatic carbocycles. The topological polar surface area (TPSA) is 20.2 Å². The normalized spacial score (nSPS) is 11.2. The largest absolute Gasteiger partial charge is 0.507 e. The highest BCUT2D eigenvalue weighted by Gasteiger charge is 2.25. The average Bonchev–Trinajstić information content (AvgIpc) is 3.00. The van der Waals surface area contributed by atoms with Gasteiger partial charge in [0.05, 0.1) is 0 Å². The van der Waals surface area contributed by atoms with Crippen molar-refractivity contribution < 1.29 is 5.11 Å². The summed E-state index contributed by atoms with van der Waals surface area (Å²) in [5, 5.41) is 15.9. The van der Waals surface area contributed by atoms with Gasteiger partial charge in [-0.25, -0.2) is 0 Å². The zero-order chi connectivity index (χ0) is 26.2. The molecule has 39 heavy (non-hydrogen) atoms. The smallest absolute Gasteiger partial charge is 0.123 e. The van der Waals surface area contributed by atoms with Crippen LogP contribution in [0.3, 0.4) is 0 Å². The number of fused-ring (bicyclic) bond motifs is 2. The van der Waals surface area contributed by atoms with Crippen LogP contribution in [0.25, 0.3) is 66.1 Å². The van der Waals surface area contributed by atoms with Crippen molar-refractivity contribution in [1.82, 2.24) is 0 Å². The molecular formula is C38H26O. The monoisotopic (exact) mass is 498 g/mol. The first-order chi connectivity index (χ1) is 19.3. The Morgan fingerprint density at radius 1 is 0.333 bits per heavy atom. The molecule has 0 amide bonds. The van der Waals surface area contributed by atoms with Crippen LogP contribution < -0.4 is 0 Å². The molecule has 0 fully saturated rings. The van der Waals surface area contributed by atoms with E-state index >= 15 is 0 Å². The van der Waals surface area contributed by atoms with Crippen molar-refractivity contribution in [2.45, 2.75) is 0 Å². The number of para-hydroxylation sites is 1. The molecule has 7 rings (SSSR count). The summed E-state index contributed by atoms with van der Waals surface area (Å²) in [6, 6.07) is 52.7. The van der Waals surface area contributed by atoms with Gasteiger partial charge in [-0.05, 0) is 73.1 Å². The van der Waals surface area contributed by atoms with E-state index < -0.39 is 0 Å². The Kier molecular flexibility index (Phi) is 5.68. The number of aromatic hydroxyl groups is 1. The molecule has 1 heteroatoms. The van der Waals surface area contributed by atoms with Gasteiger partial charge in [-0.3, -0.25) is 0 Å². The number of rotatable bonds is 4. The summed E-state index contributed by atoms with van der Waals surface area (Å²) in [5.41, 5.74) is 8.76. The number of hydrogen-bond acceptors (Lipinski definition) is 1. The lowest BCUT2D eigenvalue weighted by molar-refractivity contribution is 0.477. The Balaban J connectivity index is 1.81. The lowest BCUT2D eigenvalue weighted by Gasteiger charge is -2.25. The summed E-state index contributed by atoms with van der Waals surface area (Å²) in [6.07, 6.45) is 0. The number of benzene rings is 7. The SMILES string of the molecule is Oc1ccccc1-c1c(-c2ccccc2)c(-c2ccccc2)c(-c2ccccc2)c2cc3ccccc3cc12. The maximum absolute atomic E-state index is 11.3. The fourth-order valence-electron chi connectivity index (χ4n) is 5.83. The van der Waals surface area contributed by atoms with Gasteiger partial charge < -0.3 is 5.11 Å². The molecule has 184 valence electrons. The summed E-state index contributed by atoms with van der Waals surface area (Å²) in [7, 11) is 0. The highest BCUT2D eigenvalue weighted by Crippen LogP contribution is 2.52. The fraction of sp³-hybridized carbons (Fsp3) is 0. The standard InChI is InChI=1S/C38H26O/c39-34-23-13-12-22-31(34)38-33-25-30-21-11-10-20-29(30)24-32(33)35(26-14-4-1-5-15-26)36(27-16-6-2-7-17-27)37(38)28-18-8-3-9-19-28/h1-25,39H. The third-order valence-electron chi connectivity index (χ3n) is 7.54. The van der Waals surface area contributed by atoms with Crippen molar-refractivity contribution in [1.29, 1.82) is 0 Å². The summed E-state index contributed by atoms with van der Waals surface area (Å²) in [6.45, 7) is 0. The van der Waals surface area contributed by atoms with Gasteiger partial charge in [0, 0.05) is 11.1 Å². The zero-order valence-corrected chi connectivity index (χ0v) is 21.4. The Bertz CT molecular complexity index is 1940. The number of phenols is 1. The first-order valence-electron chi connectivity index (χ1n) is 13.3. The molecule has 1 N–H and O–H groups in total. The minimum atomic E-state index is 0.274. The van der Waals surface area contributed by atoms with Crippen LogP contribution in [-0.4, -0.2) is 5.11 Å². The quantitative estimate of drug-likeness (QED) is 0.239. The molecule has 0 heterocycles. The van der Waals surface area contributed by atoms with E-state index in [9.17, 15) is 5.11 Å². The molecule has 0 aromatic heterocycles. The van der Waals surface area contributed by atoms with Gasteiger partial charge in [0.2, 0.25) is 0 Å². The molecule has 1 nitrogen and oxygen atoms in total. The van der Waals surface area contributed by atoms with Crippen LogP contribution >= 0.6 is 0 Å². The zero-order valence-electron chi connectivity index (χ0n) is 21.4. The average molecular weight is 499 g/mol. The Morgan fingerprint density at radius 2 is 0.718 bits per heavy atom. The summed E-state index contributed by atoms with van der Waals surface area (Å²) >= 11 is 0. The summed E-state index contributed by atoms with van der Waals surface area (Å²) in [5.74, 6) is 0.274. The molecule has 0 unspecified atom stereocenters. The van der Waals surface area contributed by atoms with Crippen LogP contribution in [0, 0.1) is 0 Å². The minimum Gasteiger partial charge on any atom is -0.507 e. The third-order valence-corrected chi connectivity index (χ3v) is 7.54. The molecule has 0 spiro atoms. The highest BCUT2D eigenvalue weighted by molar-refractivity contribution is 6.21. The van der Waals surface area contributed by atoms with E-state index in [1.807, 2.05) is 18.2 Å². The van der Waals surface area contributed by atoms with E-state index in [0.717, 1.165) is 49.7 Å². The van der Waals surface area contributed by atoms with Crippen molar-refractivity contribution in [3.8, 4) is 50.3 Å². The molecule has 0 saturated heterocycles. The highest BCUT2D eigenvalue weighted by atomic mass is 16.3. The van der Waals surface area contributed by atoms with Gasteiger partial charge in [-0.15, -0.1) is 0 Å². The van der Waals surface area contributed by atoms with Crippen molar-refractivity contribution in [3.05, 3.63) is 152 Å². The van der Waals surface area contributed by atoms with E-state index in [4.69, 9.17) is 0 Å². The molecule has 7 aromatic rings. The first-order valence-corrected chi connectivity index (χ1v) is 13.3. The van der Waals surface area contributed by atoms with Crippen LogP contribution in [0.5, 0.6) is 5.75 Å². The number of phenolic OH excluding ortho intramolecular Hbond substituents is 1. The molecule has 0 radical (unpaired) electrons. The fourth-order valence-corrected chi connectivity index (χ4v) is 5.83. The van der Waals surface area contributed by atoms with Gasteiger partial charge in [0.25, 0.3) is 0 Å². The van der Waals surface area contributed by atoms with Crippen LogP contribution in [-0.2, 0) is 0 Å². The van der Waals surface area contributed by atoms with Crippen LogP contribution in [0.2, 0.25) is 0 Å². The van der Waals surface area contributed by atoms with Crippen LogP contribution in [0.1, 0.15) is 0 Å².